The van der Waals surface area contributed by atoms with Crippen molar-refractivity contribution in [1.29, 1.82) is 0 Å². The van der Waals surface area contributed by atoms with Crippen LogP contribution in [-0.4, -0.2) is 0 Å². The zero-order valence-electron chi connectivity index (χ0n) is 83.4. The molecule has 0 aliphatic rings. The van der Waals surface area contributed by atoms with Crippen LogP contribution in [0, 0.1) is 0 Å². The standard InChI is InChI=1S/C66H96O8P2.C50H64O8P2/c1-5-9-13-17-21-25-29-34-57-40-48-61(49-41-57)69-75(67,70-62-50-42-58(43-51-62)35-30-26-22-18-14-10-6-2)73-65-38-33-39-66(56-65)74-76(68,71-63-52-44-59(45-53-63)36-31-27-23-19-15-11-7-3)72-64-54-46-60(47-55-64)37-32-28-24-20-16-12-8-4;1-5-9-13-18-41-24-32-45(33-25-41)53-59(51,54-46-34-26-42(27-35-46)19-14-10-6-2)57-49-22-17-23-50(40-49)58-60(52,55-47-36-28-43(29-37-47)20-15-11-7-3)56-48-38-30-44(31-39-48)21-16-12-8-4/h33,38-56H,5-32,34-37H2,1-4H3;17,22-40H,5-16,18-21H2,1-4H3. The third-order valence-corrected chi connectivity index (χ3v) is 29.4. The van der Waals surface area contributed by atoms with Gasteiger partial charge in [-0.15, -0.1) is 0 Å². The first-order chi connectivity index (χ1) is 66.4. The molecule has 0 fully saturated rings. The maximum Gasteiger partial charge on any atom is 0.647 e. The summed E-state index contributed by atoms with van der Waals surface area (Å²) in [5.41, 5.74) is 9.40. The summed E-state index contributed by atoms with van der Waals surface area (Å²) in [5.74, 6) is 3.16. The minimum Gasteiger partial charge on any atom is -0.386 e. The number of hydrogen-bond acceptors (Lipinski definition) is 16. The molecule has 16 nitrogen and oxygen atoms in total. The predicted octanol–water partition coefficient (Wildman–Crippen LogP) is 38.1. The van der Waals surface area contributed by atoms with E-state index in [0.717, 1.165) is 176 Å². The average Bonchev–Trinajstić information content (AvgIpc) is 0.813. The molecular weight excluding hydrogens is 1770 g/mol. The SMILES string of the molecule is CCCCCCCCCc1ccc(OP(=O)(Oc2ccc(CCCCCCCCC)cc2)Oc2cccc(OP(=O)(Oc3ccc(CCCCCCCCC)cc3)Oc3ccc(CCCCCCCCC)cc3)c2)cc1.CCCCCc1ccc(OP(=O)(Oc2ccc(CCCCC)cc2)Oc2cccc(OP(=O)(Oc3ccc(CCCCC)cc3)Oc3ccc(CCCCC)cc3)c2)cc1. The summed E-state index contributed by atoms with van der Waals surface area (Å²) in [6.07, 6.45) is 56.1. The molecule has 10 rings (SSSR count). The Balaban J connectivity index is 0.000000313. The van der Waals surface area contributed by atoms with Gasteiger partial charge in [-0.05, 0) is 269 Å². The number of benzene rings is 10. The molecule has 0 spiro atoms. The number of hydrogen-bond donors (Lipinski definition) is 0. The largest absolute Gasteiger partial charge is 0.647 e. The highest BCUT2D eigenvalue weighted by atomic mass is 31.2. The average molecular weight is 1930 g/mol. The van der Waals surface area contributed by atoms with Crippen LogP contribution < -0.4 is 54.3 Å². The van der Waals surface area contributed by atoms with Gasteiger partial charge in [0.05, 0.1) is 0 Å². The lowest BCUT2D eigenvalue weighted by atomic mass is 10.0. The van der Waals surface area contributed by atoms with E-state index in [1.54, 1.807) is 84.9 Å². The van der Waals surface area contributed by atoms with E-state index >= 15 is 0 Å². The molecular formula is C116H160O16P4. The Morgan fingerprint density at radius 1 is 0.140 bits per heavy atom. The van der Waals surface area contributed by atoms with E-state index in [-0.39, 0.29) is 23.0 Å². The third kappa shape index (κ3) is 44.7. The van der Waals surface area contributed by atoms with Crippen LogP contribution in [0.2, 0.25) is 0 Å². The van der Waals surface area contributed by atoms with Crippen molar-refractivity contribution in [2.45, 2.75) is 364 Å². The number of phosphoric acid groups is 4. The van der Waals surface area contributed by atoms with Crippen molar-refractivity contribution in [3.63, 3.8) is 0 Å². The normalized spacial score (nSPS) is 11.6. The monoisotopic (exact) mass is 1930 g/mol. The van der Waals surface area contributed by atoms with Crippen molar-refractivity contribution >= 4 is 31.3 Å². The number of rotatable bonds is 72. The Morgan fingerprint density at radius 3 is 0.390 bits per heavy atom. The lowest BCUT2D eigenvalue weighted by molar-refractivity contribution is 0.291. The number of unbranched alkanes of at least 4 members (excludes halogenated alkanes) is 32. The van der Waals surface area contributed by atoms with Gasteiger partial charge in [0, 0.05) is 12.1 Å². The van der Waals surface area contributed by atoms with Crippen molar-refractivity contribution in [1.82, 2.24) is 0 Å². The summed E-state index contributed by atoms with van der Waals surface area (Å²) in [6, 6.07) is 73.2. The van der Waals surface area contributed by atoms with Gasteiger partial charge >= 0.3 is 31.3 Å². The smallest absolute Gasteiger partial charge is 0.386 e. The molecule has 0 saturated carbocycles. The molecule has 0 bridgehead atoms. The van der Waals surface area contributed by atoms with E-state index in [1.807, 2.05) is 146 Å². The second-order valence-electron chi connectivity index (χ2n) is 36.3. The molecule has 0 N–H and O–H groups in total. The lowest BCUT2D eigenvalue weighted by Crippen LogP contribution is -2.09. The zero-order chi connectivity index (χ0) is 96.3. The van der Waals surface area contributed by atoms with Gasteiger partial charge in [0.15, 0.2) is 0 Å². The molecule has 0 unspecified atom stereocenters. The Bertz CT molecular complexity index is 4490. The highest BCUT2D eigenvalue weighted by Gasteiger charge is 2.39. The number of aryl methyl sites for hydroxylation is 8. The van der Waals surface area contributed by atoms with Crippen molar-refractivity contribution in [2.24, 2.45) is 0 Å². The topological polar surface area (TPSA) is 179 Å². The predicted molar refractivity (Wildman–Crippen MR) is 562 cm³/mol. The molecule has 0 aliphatic heterocycles. The van der Waals surface area contributed by atoms with E-state index in [1.165, 1.54) is 188 Å². The Labute approximate surface area is 818 Å². The van der Waals surface area contributed by atoms with E-state index in [4.69, 9.17) is 54.3 Å². The van der Waals surface area contributed by atoms with Gasteiger partial charge < -0.3 is 54.3 Å². The summed E-state index contributed by atoms with van der Waals surface area (Å²) in [7, 11) is -17.5. The van der Waals surface area contributed by atoms with E-state index in [2.05, 4.69) is 55.4 Å². The fraction of sp³-hybridized carbons (Fsp3) is 0.483. The molecule has 0 atom stereocenters. The summed E-state index contributed by atoms with van der Waals surface area (Å²) in [4.78, 5) is 0. The number of phosphoric ester groups is 4. The Morgan fingerprint density at radius 2 is 0.250 bits per heavy atom. The van der Waals surface area contributed by atoms with Gasteiger partial charge in [-0.25, -0.2) is 0 Å². The molecule has 740 valence electrons. The van der Waals surface area contributed by atoms with Crippen LogP contribution in [-0.2, 0) is 69.6 Å². The highest BCUT2D eigenvalue weighted by Crippen LogP contribution is 2.56. The fourth-order valence-corrected chi connectivity index (χ4v) is 21.1. The van der Waals surface area contributed by atoms with Crippen LogP contribution in [0.4, 0.5) is 0 Å². The van der Waals surface area contributed by atoms with Gasteiger partial charge in [0.25, 0.3) is 0 Å². The van der Waals surface area contributed by atoms with Gasteiger partial charge in [0.2, 0.25) is 0 Å². The fourth-order valence-electron chi connectivity index (χ4n) is 16.1. The minimum atomic E-state index is -4.41. The van der Waals surface area contributed by atoms with Crippen molar-refractivity contribution in [2.75, 3.05) is 0 Å². The lowest BCUT2D eigenvalue weighted by Gasteiger charge is -2.21. The van der Waals surface area contributed by atoms with Gasteiger partial charge in [-0.1, -0.05) is 370 Å². The maximum absolute atomic E-state index is 14.9. The zero-order valence-corrected chi connectivity index (χ0v) is 86.9. The second-order valence-corrected chi connectivity index (χ2v) is 42.1. The van der Waals surface area contributed by atoms with Gasteiger partial charge in [-0.2, -0.15) is 18.3 Å². The molecule has 136 heavy (non-hydrogen) atoms. The van der Waals surface area contributed by atoms with Crippen LogP contribution in [0.15, 0.2) is 243 Å². The van der Waals surface area contributed by atoms with Gasteiger partial charge in [-0.3, -0.25) is 0 Å². The van der Waals surface area contributed by atoms with E-state index < -0.39 is 31.3 Å². The maximum atomic E-state index is 14.9. The molecule has 0 heterocycles. The van der Waals surface area contributed by atoms with Crippen LogP contribution in [0.1, 0.15) is 357 Å². The first-order valence-corrected chi connectivity index (χ1v) is 57.9. The van der Waals surface area contributed by atoms with Crippen molar-refractivity contribution < 1.29 is 72.5 Å². The van der Waals surface area contributed by atoms with E-state index in [9.17, 15) is 18.3 Å². The summed E-state index contributed by atoms with van der Waals surface area (Å²) < 4.78 is 133. The van der Waals surface area contributed by atoms with Crippen molar-refractivity contribution in [3.05, 3.63) is 287 Å². The third-order valence-electron chi connectivity index (χ3n) is 24.2. The molecule has 10 aromatic rings. The summed E-state index contributed by atoms with van der Waals surface area (Å²) >= 11 is 0. The minimum absolute atomic E-state index is 0.0996. The molecule has 0 aliphatic carbocycles. The van der Waals surface area contributed by atoms with Crippen LogP contribution in [0.25, 0.3) is 0 Å². The molecule has 20 heteroatoms. The van der Waals surface area contributed by atoms with Crippen LogP contribution in [0.3, 0.4) is 0 Å². The highest BCUT2D eigenvalue weighted by molar-refractivity contribution is 7.50. The molecule has 0 saturated heterocycles. The van der Waals surface area contributed by atoms with Gasteiger partial charge in [0.1, 0.15) is 69.0 Å². The van der Waals surface area contributed by atoms with Crippen molar-refractivity contribution in [3.8, 4) is 69.0 Å². The first kappa shape index (κ1) is 110. The Kier molecular flexibility index (Phi) is 52.0. The molecule has 0 amide bonds. The Hall–Kier alpha value is -9.28. The van der Waals surface area contributed by atoms with E-state index in [0.29, 0.717) is 46.0 Å². The van der Waals surface area contributed by atoms with Crippen LogP contribution in [0.5, 0.6) is 69.0 Å². The van der Waals surface area contributed by atoms with Crippen LogP contribution >= 0.6 is 31.3 Å². The molecule has 0 aromatic heterocycles. The molecule has 0 radical (unpaired) electrons. The second kappa shape index (κ2) is 64.1. The quantitative estimate of drug-likeness (QED) is 0.0259. The molecule has 10 aromatic carbocycles. The summed E-state index contributed by atoms with van der Waals surface area (Å²) in [5, 5.41) is 0. The first-order valence-electron chi connectivity index (χ1n) is 52.1. The summed E-state index contributed by atoms with van der Waals surface area (Å²) in [6.45, 7) is 17.7.